The molecule has 0 fully saturated rings. The predicted octanol–water partition coefficient (Wildman–Crippen LogP) is 3.30. The summed E-state index contributed by atoms with van der Waals surface area (Å²) in [6.07, 6.45) is 0. The number of hydrogen-bond acceptors (Lipinski definition) is 3. The van der Waals surface area contributed by atoms with Gasteiger partial charge in [0.25, 0.3) is 0 Å². The third-order valence-electron chi connectivity index (χ3n) is 3.34. The summed E-state index contributed by atoms with van der Waals surface area (Å²) in [6, 6.07) is 8.69. The molecule has 0 atom stereocenters. The van der Waals surface area contributed by atoms with Gasteiger partial charge in [0.15, 0.2) is 5.65 Å². The average Bonchev–Trinajstić information content (AvgIpc) is 2.74. The van der Waals surface area contributed by atoms with Crippen LogP contribution in [-0.4, -0.2) is 25.8 Å². The molecule has 0 bridgehead atoms. The number of benzene rings is 1. The number of hydrogen-bond donors (Lipinski definition) is 1. The number of halogens is 1. The molecular weight excluding hydrogens is 290 g/mol. The Bertz CT molecular complexity index is 853. The van der Waals surface area contributed by atoms with E-state index in [0.717, 1.165) is 5.56 Å². The molecule has 0 aliphatic heterocycles. The second-order valence-corrected chi connectivity index (χ2v) is 5.21. The molecule has 2 heterocycles. The SMILES string of the molecule is Cc1nn(C)c2nc(-c3ccc(Cl)cc3)cc(C(=O)O)c12. The van der Waals surface area contributed by atoms with Crippen LogP contribution in [-0.2, 0) is 7.05 Å². The van der Waals surface area contributed by atoms with Crippen LogP contribution in [0.15, 0.2) is 30.3 Å². The fraction of sp³-hybridized carbons (Fsp3) is 0.133. The highest BCUT2D eigenvalue weighted by molar-refractivity contribution is 6.30. The molecular formula is C15H12ClN3O2. The molecule has 106 valence electrons. The minimum atomic E-state index is -0.992. The van der Waals surface area contributed by atoms with Crippen LogP contribution in [0.2, 0.25) is 5.02 Å². The van der Waals surface area contributed by atoms with E-state index in [1.165, 1.54) is 0 Å². The minimum Gasteiger partial charge on any atom is -0.478 e. The predicted molar refractivity (Wildman–Crippen MR) is 80.7 cm³/mol. The molecule has 1 N–H and O–H groups in total. The summed E-state index contributed by atoms with van der Waals surface area (Å²) >= 11 is 5.88. The fourth-order valence-corrected chi connectivity index (χ4v) is 2.51. The molecule has 0 radical (unpaired) electrons. The molecule has 0 aliphatic carbocycles. The van der Waals surface area contributed by atoms with Crippen LogP contribution in [0.5, 0.6) is 0 Å². The lowest BCUT2D eigenvalue weighted by molar-refractivity contribution is 0.0699. The van der Waals surface area contributed by atoms with E-state index in [1.807, 2.05) is 12.1 Å². The molecule has 3 aromatic rings. The highest BCUT2D eigenvalue weighted by atomic mass is 35.5. The van der Waals surface area contributed by atoms with Gasteiger partial charge in [-0.25, -0.2) is 9.78 Å². The highest BCUT2D eigenvalue weighted by Crippen LogP contribution is 2.27. The lowest BCUT2D eigenvalue weighted by Crippen LogP contribution is -2.01. The third kappa shape index (κ3) is 2.25. The molecule has 5 nitrogen and oxygen atoms in total. The van der Waals surface area contributed by atoms with Gasteiger partial charge in [0.05, 0.1) is 22.3 Å². The van der Waals surface area contributed by atoms with Gasteiger partial charge in [-0.2, -0.15) is 5.10 Å². The van der Waals surface area contributed by atoms with Crippen molar-refractivity contribution in [3.63, 3.8) is 0 Å². The van der Waals surface area contributed by atoms with E-state index in [-0.39, 0.29) is 5.56 Å². The van der Waals surface area contributed by atoms with Gasteiger partial charge in [-0.15, -0.1) is 0 Å². The zero-order valence-corrected chi connectivity index (χ0v) is 12.2. The standard InChI is InChI=1S/C15H12ClN3O2/c1-8-13-11(15(20)21)7-12(17-14(13)19(2)18-8)9-3-5-10(16)6-4-9/h3-7H,1-2H3,(H,20,21). The Kier molecular flexibility index (Phi) is 3.14. The second-order valence-electron chi connectivity index (χ2n) is 4.77. The lowest BCUT2D eigenvalue weighted by Gasteiger charge is -2.05. The van der Waals surface area contributed by atoms with Crippen molar-refractivity contribution in [1.29, 1.82) is 0 Å². The topological polar surface area (TPSA) is 68.0 Å². The Labute approximate surface area is 125 Å². The number of aromatic nitrogens is 3. The van der Waals surface area contributed by atoms with Crippen molar-refractivity contribution in [2.75, 3.05) is 0 Å². The molecule has 2 aromatic heterocycles. The number of aryl methyl sites for hydroxylation is 2. The monoisotopic (exact) mass is 301 g/mol. The first-order valence-electron chi connectivity index (χ1n) is 6.31. The van der Waals surface area contributed by atoms with Gasteiger partial charge in [-0.3, -0.25) is 4.68 Å². The lowest BCUT2D eigenvalue weighted by atomic mass is 10.1. The molecule has 0 saturated carbocycles. The van der Waals surface area contributed by atoms with Crippen molar-refractivity contribution in [2.24, 2.45) is 7.05 Å². The van der Waals surface area contributed by atoms with E-state index in [2.05, 4.69) is 10.1 Å². The Morgan fingerprint density at radius 2 is 1.95 bits per heavy atom. The molecule has 0 saturated heterocycles. The first kappa shape index (κ1) is 13.6. The summed E-state index contributed by atoms with van der Waals surface area (Å²) in [4.78, 5) is 16.1. The number of pyridine rings is 1. The molecule has 21 heavy (non-hydrogen) atoms. The van der Waals surface area contributed by atoms with Crippen LogP contribution in [0.25, 0.3) is 22.3 Å². The van der Waals surface area contributed by atoms with Gasteiger partial charge in [-0.05, 0) is 25.1 Å². The van der Waals surface area contributed by atoms with Crippen molar-refractivity contribution in [3.05, 3.63) is 46.6 Å². The van der Waals surface area contributed by atoms with Crippen molar-refractivity contribution >= 4 is 28.6 Å². The molecule has 0 unspecified atom stereocenters. The third-order valence-corrected chi connectivity index (χ3v) is 3.59. The molecule has 0 aliphatic rings. The molecule has 0 spiro atoms. The van der Waals surface area contributed by atoms with Crippen molar-refractivity contribution < 1.29 is 9.90 Å². The zero-order chi connectivity index (χ0) is 15.1. The molecule has 0 amide bonds. The smallest absolute Gasteiger partial charge is 0.336 e. The number of fused-ring (bicyclic) bond motifs is 1. The summed E-state index contributed by atoms with van der Waals surface area (Å²) in [7, 11) is 1.75. The normalized spacial score (nSPS) is 11.0. The van der Waals surface area contributed by atoms with Gasteiger partial charge in [0.2, 0.25) is 0 Å². The maximum atomic E-state index is 11.5. The van der Waals surface area contributed by atoms with Gasteiger partial charge < -0.3 is 5.11 Å². The number of rotatable bonds is 2. The van der Waals surface area contributed by atoms with E-state index in [0.29, 0.717) is 27.4 Å². The first-order valence-corrected chi connectivity index (χ1v) is 6.69. The van der Waals surface area contributed by atoms with E-state index < -0.39 is 5.97 Å². The fourth-order valence-electron chi connectivity index (χ4n) is 2.38. The van der Waals surface area contributed by atoms with Gasteiger partial charge in [0.1, 0.15) is 0 Å². The molecule has 1 aromatic carbocycles. The van der Waals surface area contributed by atoms with Crippen LogP contribution >= 0.6 is 11.6 Å². The Morgan fingerprint density at radius 3 is 2.57 bits per heavy atom. The van der Waals surface area contributed by atoms with Gasteiger partial charge in [0, 0.05) is 17.6 Å². The van der Waals surface area contributed by atoms with Crippen molar-refractivity contribution in [2.45, 2.75) is 6.92 Å². The summed E-state index contributed by atoms with van der Waals surface area (Å²) in [5, 5.41) is 14.9. The Balaban J connectivity index is 2.32. The number of carboxylic acid groups (broad SMARTS) is 1. The number of aromatic carboxylic acids is 1. The first-order chi connectivity index (χ1) is 9.97. The van der Waals surface area contributed by atoms with Crippen LogP contribution in [0, 0.1) is 6.92 Å². The van der Waals surface area contributed by atoms with Crippen LogP contribution < -0.4 is 0 Å². The van der Waals surface area contributed by atoms with Gasteiger partial charge in [-0.1, -0.05) is 23.7 Å². The molecule has 6 heteroatoms. The number of carboxylic acids is 1. The Hall–Kier alpha value is -2.40. The summed E-state index contributed by atoms with van der Waals surface area (Å²) in [6.45, 7) is 1.78. The largest absolute Gasteiger partial charge is 0.478 e. The quantitative estimate of drug-likeness (QED) is 0.788. The van der Waals surface area contributed by atoms with E-state index >= 15 is 0 Å². The van der Waals surface area contributed by atoms with Crippen LogP contribution in [0.1, 0.15) is 16.1 Å². The summed E-state index contributed by atoms with van der Waals surface area (Å²) in [5.41, 5.74) is 2.80. The maximum Gasteiger partial charge on any atom is 0.336 e. The van der Waals surface area contributed by atoms with E-state index in [4.69, 9.17) is 11.6 Å². The van der Waals surface area contributed by atoms with Crippen molar-refractivity contribution in [3.8, 4) is 11.3 Å². The van der Waals surface area contributed by atoms with Gasteiger partial charge >= 0.3 is 5.97 Å². The van der Waals surface area contributed by atoms with E-state index in [1.54, 1.807) is 36.9 Å². The number of nitrogens with zero attached hydrogens (tertiary/aromatic N) is 3. The molecule has 3 rings (SSSR count). The van der Waals surface area contributed by atoms with E-state index in [9.17, 15) is 9.90 Å². The summed E-state index contributed by atoms with van der Waals surface area (Å²) in [5.74, 6) is -0.992. The van der Waals surface area contributed by atoms with Crippen LogP contribution in [0.3, 0.4) is 0 Å². The maximum absolute atomic E-state index is 11.5. The Morgan fingerprint density at radius 1 is 1.29 bits per heavy atom. The second kappa shape index (κ2) is 4.86. The summed E-state index contributed by atoms with van der Waals surface area (Å²) < 4.78 is 1.59. The van der Waals surface area contributed by atoms with Crippen molar-refractivity contribution in [1.82, 2.24) is 14.8 Å². The van der Waals surface area contributed by atoms with Crippen LogP contribution in [0.4, 0.5) is 0 Å². The minimum absolute atomic E-state index is 0.204. The highest BCUT2D eigenvalue weighted by Gasteiger charge is 2.18. The number of carbonyl (C=O) groups is 1. The zero-order valence-electron chi connectivity index (χ0n) is 11.5. The average molecular weight is 302 g/mol.